The summed E-state index contributed by atoms with van der Waals surface area (Å²) in [5.74, 6) is 0. The normalized spacial score (nSPS) is 10.8. The molecule has 0 fully saturated rings. The van der Waals surface area contributed by atoms with Crippen LogP contribution in [-0.2, 0) is 0 Å². The highest BCUT2D eigenvalue weighted by Crippen LogP contribution is 2.48. The number of hydrogen-bond donors (Lipinski definition) is 0. The zero-order chi connectivity index (χ0) is 28.8. The van der Waals surface area contributed by atoms with Crippen molar-refractivity contribution in [2.24, 2.45) is 0 Å². The van der Waals surface area contributed by atoms with E-state index in [1.807, 2.05) is 0 Å². The molecule has 0 aliphatic rings. The van der Waals surface area contributed by atoms with Gasteiger partial charge in [0.05, 0.1) is 5.69 Å². The zero-order valence-corrected chi connectivity index (χ0v) is 23.8. The van der Waals surface area contributed by atoms with Gasteiger partial charge in [-0.3, -0.25) is 0 Å². The van der Waals surface area contributed by atoms with Gasteiger partial charge in [-0.15, -0.1) is 0 Å². The van der Waals surface area contributed by atoms with Crippen LogP contribution in [0.25, 0.3) is 44.5 Å². The first-order chi connectivity index (χ1) is 21.4. The van der Waals surface area contributed by atoms with Crippen molar-refractivity contribution in [3.63, 3.8) is 0 Å². The first kappa shape index (κ1) is 26.3. The summed E-state index contributed by atoms with van der Waals surface area (Å²) < 4.78 is 0. The monoisotopic (exact) mass is 549 g/mol. The van der Waals surface area contributed by atoms with E-state index in [0.29, 0.717) is 0 Å². The molecule has 7 aromatic carbocycles. The van der Waals surface area contributed by atoms with E-state index >= 15 is 0 Å². The molecule has 0 aliphatic heterocycles. The molecule has 43 heavy (non-hydrogen) atoms. The maximum absolute atomic E-state index is 2.40. The molecule has 0 saturated heterocycles. The van der Waals surface area contributed by atoms with Crippen LogP contribution < -0.4 is 4.90 Å². The molecule has 0 aliphatic carbocycles. The molecule has 0 atom stereocenters. The Kier molecular flexibility index (Phi) is 7.36. The van der Waals surface area contributed by atoms with Gasteiger partial charge < -0.3 is 4.90 Å². The Morgan fingerprint density at radius 1 is 0.279 bits per heavy atom. The van der Waals surface area contributed by atoms with Crippen LogP contribution in [0.4, 0.5) is 17.1 Å². The molecule has 0 bridgehead atoms. The van der Waals surface area contributed by atoms with E-state index in [4.69, 9.17) is 0 Å². The Hall–Kier alpha value is -5.66. The largest absolute Gasteiger partial charge is 0.310 e. The smallest absolute Gasteiger partial charge is 0.0546 e. The van der Waals surface area contributed by atoms with Crippen LogP contribution in [0.2, 0.25) is 0 Å². The lowest BCUT2D eigenvalue weighted by Crippen LogP contribution is -2.12. The van der Waals surface area contributed by atoms with Crippen LogP contribution in [0.5, 0.6) is 0 Å². The summed E-state index contributed by atoms with van der Waals surface area (Å²) in [6.45, 7) is 0. The number of para-hydroxylation sites is 1. The summed E-state index contributed by atoms with van der Waals surface area (Å²) in [4.78, 5) is 2.40. The summed E-state index contributed by atoms with van der Waals surface area (Å²) in [5, 5.41) is 0. The van der Waals surface area contributed by atoms with Gasteiger partial charge >= 0.3 is 0 Å². The highest BCUT2D eigenvalue weighted by molar-refractivity contribution is 6.01. The molecule has 0 saturated carbocycles. The molecule has 0 N–H and O–H groups in total. The molecule has 0 spiro atoms. The van der Waals surface area contributed by atoms with Gasteiger partial charge in [-0.2, -0.15) is 0 Å². The number of anilines is 3. The molecule has 0 heterocycles. The van der Waals surface area contributed by atoms with E-state index < -0.39 is 0 Å². The summed E-state index contributed by atoms with van der Waals surface area (Å²) >= 11 is 0. The van der Waals surface area contributed by atoms with Gasteiger partial charge in [0, 0.05) is 16.9 Å². The number of hydrogen-bond acceptors (Lipinski definition) is 1. The second kappa shape index (κ2) is 12.1. The van der Waals surface area contributed by atoms with Gasteiger partial charge in [0.1, 0.15) is 0 Å². The topological polar surface area (TPSA) is 3.24 Å². The number of benzene rings is 7. The maximum Gasteiger partial charge on any atom is 0.0546 e. The van der Waals surface area contributed by atoms with Crippen molar-refractivity contribution < 1.29 is 0 Å². The van der Waals surface area contributed by atoms with Crippen LogP contribution >= 0.6 is 0 Å². The highest BCUT2D eigenvalue weighted by Gasteiger charge is 2.22. The maximum atomic E-state index is 2.40. The van der Waals surface area contributed by atoms with E-state index in [0.717, 1.165) is 17.1 Å². The minimum absolute atomic E-state index is 1.11. The standard InChI is InChI=1S/C42H31N/c1-5-17-32(18-6-1)35-23-15-26-37(31-35)43(36-24-11-4-12-25-36)41-30-16-29-39(34-21-9-3-10-22-34)42(41)40-28-14-13-27-38(40)33-19-7-2-8-20-33/h1-31H. The summed E-state index contributed by atoms with van der Waals surface area (Å²) in [6.07, 6.45) is 0. The molecule has 1 nitrogen and oxygen atoms in total. The first-order valence-electron chi connectivity index (χ1n) is 14.7. The quantitative estimate of drug-likeness (QED) is 0.191. The van der Waals surface area contributed by atoms with Crippen molar-refractivity contribution in [3.8, 4) is 44.5 Å². The fourth-order valence-electron chi connectivity index (χ4n) is 5.90. The van der Waals surface area contributed by atoms with E-state index in [2.05, 4.69) is 193 Å². The summed E-state index contributed by atoms with van der Waals surface area (Å²) in [6, 6.07) is 67.0. The third-order valence-corrected chi connectivity index (χ3v) is 7.88. The van der Waals surface area contributed by atoms with E-state index in [1.54, 1.807) is 0 Å². The van der Waals surface area contributed by atoms with Gasteiger partial charge in [0.15, 0.2) is 0 Å². The van der Waals surface area contributed by atoms with Gasteiger partial charge in [-0.1, -0.05) is 158 Å². The molecule has 0 unspecified atom stereocenters. The van der Waals surface area contributed by atoms with Crippen molar-refractivity contribution in [1.29, 1.82) is 0 Å². The van der Waals surface area contributed by atoms with Gasteiger partial charge in [-0.05, 0) is 69.3 Å². The Morgan fingerprint density at radius 3 is 1.37 bits per heavy atom. The fraction of sp³-hybridized carbons (Fsp3) is 0. The fourth-order valence-corrected chi connectivity index (χ4v) is 5.90. The number of nitrogens with zero attached hydrogens (tertiary/aromatic N) is 1. The van der Waals surface area contributed by atoms with Crippen molar-refractivity contribution in [1.82, 2.24) is 0 Å². The Bertz CT molecular complexity index is 1950. The van der Waals surface area contributed by atoms with Crippen LogP contribution in [0.15, 0.2) is 188 Å². The molecule has 7 rings (SSSR count). The van der Waals surface area contributed by atoms with Gasteiger partial charge in [0.25, 0.3) is 0 Å². The Morgan fingerprint density at radius 2 is 0.721 bits per heavy atom. The summed E-state index contributed by atoms with van der Waals surface area (Å²) in [7, 11) is 0. The van der Waals surface area contributed by atoms with Crippen LogP contribution in [0.3, 0.4) is 0 Å². The molecule has 0 radical (unpaired) electrons. The Labute approximate surface area is 254 Å². The van der Waals surface area contributed by atoms with Crippen LogP contribution in [-0.4, -0.2) is 0 Å². The average molecular weight is 550 g/mol. The predicted octanol–water partition coefficient (Wildman–Crippen LogP) is 11.8. The van der Waals surface area contributed by atoms with Crippen molar-refractivity contribution in [2.45, 2.75) is 0 Å². The average Bonchev–Trinajstić information content (AvgIpc) is 3.10. The lowest BCUT2D eigenvalue weighted by Gasteiger charge is -2.30. The minimum atomic E-state index is 1.11. The third-order valence-electron chi connectivity index (χ3n) is 7.88. The molecule has 0 aromatic heterocycles. The van der Waals surface area contributed by atoms with Crippen LogP contribution in [0.1, 0.15) is 0 Å². The SMILES string of the molecule is c1ccc(-c2cccc(N(c3ccccc3)c3cccc(-c4ccccc4)c3-c3ccccc3-c3ccccc3)c2)cc1. The molecular weight excluding hydrogens is 518 g/mol. The van der Waals surface area contributed by atoms with Crippen LogP contribution in [0, 0.1) is 0 Å². The lowest BCUT2D eigenvalue weighted by molar-refractivity contribution is 1.28. The van der Waals surface area contributed by atoms with Crippen molar-refractivity contribution in [3.05, 3.63) is 188 Å². The van der Waals surface area contributed by atoms with Crippen molar-refractivity contribution >= 4 is 17.1 Å². The highest BCUT2D eigenvalue weighted by atomic mass is 15.1. The number of rotatable bonds is 7. The molecule has 204 valence electrons. The molecule has 1 heteroatoms. The van der Waals surface area contributed by atoms with E-state index in [-0.39, 0.29) is 0 Å². The van der Waals surface area contributed by atoms with E-state index in [9.17, 15) is 0 Å². The first-order valence-corrected chi connectivity index (χ1v) is 14.7. The Balaban J connectivity index is 1.53. The molecular formula is C42H31N. The zero-order valence-electron chi connectivity index (χ0n) is 23.8. The predicted molar refractivity (Wildman–Crippen MR) is 183 cm³/mol. The molecule has 7 aromatic rings. The van der Waals surface area contributed by atoms with Gasteiger partial charge in [0.2, 0.25) is 0 Å². The summed E-state index contributed by atoms with van der Waals surface area (Å²) in [5.41, 5.74) is 12.9. The van der Waals surface area contributed by atoms with Gasteiger partial charge in [-0.25, -0.2) is 0 Å². The second-order valence-corrected chi connectivity index (χ2v) is 10.6. The van der Waals surface area contributed by atoms with Crippen molar-refractivity contribution in [2.75, 3.05) is 4.90 Å². The third kappa shape index (κ3) is 5.37. The van der Waals surface area contributed by atoms with E-state index in [1.165, 1.54) is 44.5 Å². The second-order valence-electron chi connectivity index (χ2n) is 10.6. The lowest BCUT2D eigenvalue weighted by atomic mass is 9.87. The molecule has 0 amide bonds. The minimum Gasteiger partial charge on any atom is -0.310 e.